The fraction of sp³-hybridized carbons (Fsp3) is 0.167. The molecule has 0 heterocycles. The molecule has 8 heteroatoms. The van der Waals surface area contributed by atoms with Gasteiger partial charge in [-0.3, -0.25) is 14.4 Å². The first-order valence-corrected chi connectivity index (χ1v) is 8.43. The first kappa shape index (κ1) is 19.8. The van der Waals surface area contributed by atoms with Crippen LogP contribution in [0, 0.1) is 0 Å². The Balaban J connectivity index is 2.18. The van der Waals surface area contributed by atoms with Gasteiger partial charge in [-0.25, -0.2) is 0 Å². The van der Waals surface area contributed by atoms with Crippen LogP contribution in [0.4, 0.5) is 17.1 Å². The van der Waals surface area contributed by atoms with E-state index in [1.807, 2.05) is 0 Å². The fourth-order valence-electron chi connectivity index (χ4n) is 2.27. The lowest BCUT2D eigenvalue weighted by Crippen LogP contribution is -2.36. The summed E-state index contributed by atoms with van der Waals surface area (Å²) in [7, 11) is 0. The van der Waals surface area contributed by atoms with E-state index in [-0.39, 0.29) is 23.4 Å². The predicted molar refractivity (Wildman–Crippen MR) is 104 cm³/mol. The number of hydrogen-bond donors (Lipinski definition) is 2. The minimum absolute atomic E-state index is 0.221. The maximum atomic E-state index is 12.4. The molecule has 0 spiro atoms. The van der Waals surface area contributed by atoms with Crippen molar-refractivity contribution in [3.63, 3.8) is 0 Å². The summed E-state index contributed by atoms with van der Waals surface area (Å²) in [6, 6.07) is 11.5. The van der Waals surface area contributed by atoms with Crippen LogP contribution in [0.5, 0.6) is 0 Å². The van der Waals surface area contributed by atoms with Crippen LogP contribution in [0.25, 0.3) is 0 Å². The van der Waals surface area contributed by atoms with Gasteiger partial charge in [0.25, 0.3) is 0 Å². The third kappa shape index (κ3) is 5.21. The molecule has 26 heavy (non-hydrogen) atoms. The average Bonchev–Trinajstić information content (AvgIpc) is 2.56. The number of carbonyl (C=O) groups is 3. The van der Waals surface area contributed by atoms with Gasteiger partial charge in [0.2, 0.25) is 17.7 Å². The Morgan fingerprint density at radius 1 is 1.00 bits per heavy atom. The van der Waals surface area contributed by atoms with Crippen molar-refractivity contribution in [2.75, 3.05) is 22.1 Å². The Bertz CT molecular complexity index is 855. The molecule has 0 saturated carbocycles. The summed E-state index contributed by atoms with van der Waals surface area (Å²) in [5.41, 5.74) is 1.37. The molecule has 6 nitrogen and oxygen atoms in total. The zero-order valence-corrected chi connectivity index (χ0v) is 15.7. The van der Waals surface area contributed by atoms with E-state index < -0.39 is 5.91 Å². The molecule has 0 aliphatic heterocycles. The lowest BCUT2D eigenvalue weighted by Gasteiger charge is -2.21. The number of benzene rings is 2. The Labute approximate surface area is 161 Å². The number of amides is 3. The van der Waals surface area contributed by atoms with Gasteiger partial charge in [-0.05, 0) is 30.3 Å². The first-order chi connectivity index (χ1) is 12.3. The van der Waals surface area contributed by atoms with E-state index >= 15 is 0 Å². The third-order valence-electron chi connectivity index (χ3n) is 3.39. The van der Waals surface area contributed by atoms with Gasteiger partial charge in [0.1, 0.15) is 6.54 Å². The molecule has 2 N–H and O–H groups in total. The van der Waals surface area contributed by atoms with Crippen molar-refractivity contribution < 1.29 is 14.4 Å². The van der Waals surface area contributed by atoms with E-state index in [9.17, 15) is 14.4 Å². The van der Waals surface area contributed by atoms with Crippen molar-refractivity contribution in [1.29, 1.82) is 0 Å². The van der Waals surface area contributed by atoms with Crippen LogP contribution in [-0.2, 0) is 14.4 Å². The molecule has 0 bridgehead atoms. The fourth-order valence-corrected chi connectivity index (χ4v) is 2.62. The lowest BCUT2D eigenvalue weighted by atomic mass is 10.2. The normalized spacial score (nSPS) is 10.2. The van der Waals surface area contributed by atoms with E-state index in [2.05, 4.69) is 10.6 Å². The molecular weight excluding hydrogens is 377 g/mol. The van der Waals surface area contributed by atoms with Gasteiger partial charge >= 0.3 is 0 Å². The molecular formula is C18H17Cl2N3O3. The van der Waals surface area contributed by atoms with Crippen molar-refractivity contribution in [3.8, 4) is 0 Å². The van der Waals surface area contributed by atoms with Gasteiger partial charge in [0.05, 0.1) is 15.7 Å². The highest BCUT2D eigenvalue weighted by molar-refractivity contribution is 6.44. The highest BCUT2D eigenvalue weighted by Gasteiger charge is 2.17. The molecule has 0 unspecified atom stereocenters. The topological polar surface area (TPSA) is 78.5 Å². The molecule has 0 atom stereocenters. The smallest absolute Gasteiger partial charge is 0.244 e. The third-order valence-corrected chi connectivity index (χ3v) is 4.20. The highest BCUT2D eigenvalue weighted by atomic mass is 35.5. The Morgan fingerprint density at radius 3 is 2.35 bits per heavy atom. The lowest BCUT2D eigenvalue weighted by molar-refractivity contribution is -0.120. The summed E-state index contributed by atoms with van der Waals surface area (Å²) in [5.74, 6) is -0.989. The van der Waals surface area contributed by atoms with Crippen molar-refractivity contribution >= 4 is 58.0 Å². The second kappa shape index (κ2) is 8.69. The van der Waals surface area contributed by atoms with Gasteiger partial charge in [-0.2, -0.15) is 0 Å². The summed E-state index contributed by atoms with van der Waals surface area (Å²) in [4.78, 5) is 36.8. The van der Waals surface area contributed by atoms with Crippen LogP contribution in [0.3, 0.4) is 0 Å². The molecule has 2 aromatic carbocycles. The zero-order valence-electron chi connectivity index (χ0n) is 14.2. The first-order valence-electron chi connectivity index (χ1n) is 7.67. The van der Waals surface area contributed by atoms with E-state index in [4.69, 9.17) is 23.2 Å². The molecule has 0 aliphatic carbocycles. The Morgan fingerprint density at radius 2 is 1.69 bits per heavy atom. The number of carbonyl (C=O) groups excluding carboxylic acids is 3. The largest absolute Gasteiger partial charge is 0.326 e. The van der Waals surface area contributed by atoms with E-state index in [1.165, 1.54) is 18.7 Å². The molecule has 0 fully saturated rings. The van der Waals surface area contributed by atoms with Gasteiger partial charge in [0.15, 0.2) is 0 Å². The van der Waals surface area contributed by atoms with Crippen molar-refractivity contribution in [2.45, 2.75) is 13.8 Å². The van der Waals surface area contributed by atoms with Gasteiger partial charge in [-0.1, -0.05) is 35.3 Å². The number of halogens is 2. The number of nitrogens with zero attached hydrogens (tertiary/aromatic N) is 1. The van der Waals surface area contributed by atoms with Crippen molar-refractivity contribution in [3.05, 3.63) is 52.5 Å². The molecule has 0 radical (unpaired) electrons. The summed E-state index contributed by atoms with van der Waals surface area (Å²) in [5, 5.41) is 5.81. The molecule has 0 aromatic heterocycles. The zero-order chi connectivity index (χ0) is 19.3. The number of rotatable bonds is 5. The Kier molecular flexibility index (Phi) is 6.60. The number of nitrogens with one attached hydrogen (secondary N) is 2. The standard InChI is InChI=1S/C18H17Cl2N3O3/c1-11(24)21-13-5-3-6-14(9-13)23(12(2)25)10-17(26)22-16-8-4-7-15(19)18(16)20/h3-9H,10H2,1-2H3,(H,21,24)(H,22,26). The van der Waals surface area contributed by atoms with E-state index in [0.29, 0.717) is 22.1 Å². The summed E-state index contributed by atoms with van der Waals surface area (Å²) < 4.78 is 0. The van der Waals surface area contributed by atoms with Crippen LogP contribution < -0.4 is 15.5 Å². The molecule has 3 amide bonds. The van der Waals surface area contributed by atoms with Crippen LogP contribution in [-0.4, -0.2) is 24.3 Å². The minimum atomic E-state index is -0.436. The second-order valence-electron chi connectivity index (χ2n) is 5.49. The molecule has 136 valence electrons. The van der Waals surface area contributed by atoms with Gasteiger partial charge in [-0.15, -0.1) is 0 Å². The number of anilines is 3. The predicted octanol–water partition coefficient (Wildman–Crippen LogP) is 3.94. The molecule has 0 aliphatic rings. The number of hydrogen-bond acceptors (Lipinski definition) is 3. The van der Waals surface area contributed by atoms with Crippen molar-refractivity contribution in [1.82, 2.24) is 0 Å². The highest BCUT2D eigenvalue weighted by Crippen LogP contribution is 2.29. The van der Waals surface area contributed by atoms with Gasteiger partial charge in [0, 0.05) is 25.2 Å². The average molecular weight is 394 g/mol. The summed E-state index contributed by atoms with van der Waals surface area (Å²) in [6.07, 6.45) is 0. The van der Waals surface area contributed by atoms with Crippen LogP contribution in [0.1, 0.15) is 13.8 Å². The monoisotopic (exact) mass is 393 g/mol. The van der Waals surface area contributed by atoms with Crippen LogP contribution in [0.2, 0.25) is 10.0 Å². The van der Waals surface area contributed by atoms with E-state index in [1.54, 1.807) is 42.5 Å². The van der Waals surface area contributed by atoms with Crippen LogP contribution in [0.15, 0.2) is 42.5 Å². The maximum absolute atomic E-state index is 12.4. The quantitative estimate of drug-likeness (QED) is 0.806. The minimum Gasteiger partial charge on any atom is -0.326 e. The second-order valence-corrected chi connectivity index (χ2v) is 6.27. The molecule has 2 rings (SSSR count). The summed E-state index contributed by atoms with van der Waals surface area (Å²) in [6.45, 7) is 2.52. The molecule has 0 saturated heterocycles. The molecule has 2 aromatic rings. The SMILES string of the molecule is CC(=O)Nc1cccc(N(CC(=O)Nc2cccc(Cl)c2Cl)C(C)=O)c1. The van der Waals surface area contributed by atoms with Crippen LogP contribution >= 0.6 is 23.2 Å². The van der Waals surface area contributed by atoms with Crippen molar-refractivity contribution in [2.24, 2.45) is 0 Å². The maximum Gasteiger partial charge on any atom is 0.244 e. The Hall–Kier alpha value is -2.57. The van der Waals surface area contributed by atoms with E-state index in [0.717, 1.165) is 0 Å². The van der Waals surface area contributed by atoms with Gasteiger partial charge < -0.3 is 15.5 Å². The summed E-state index contributed by atoms with van der Waals surface area (Å²) >= 11 is 12.0.